The van der Waals surface area contributed by atoms with Crippen molar-refractivity contribution in [3.8, 4) is 0 Å². The Bertz CT molecular complexity index is 713. The van der Waals surface area contributed by atoms with Crippen LogP contribution in [0.4, 0.5) is 9.93 Å². The molecule has 0 spiro atoms. The lowest BCUT2D eigenvalue weighted by atomic mass is 9.81. The van der Waals surface area contributed by atoms with Crippen molar-refractivity contribution in [1.82, 2.24) is 14.9 Å². The zero-order valence-electron chi connectivity index (χ0n) is 13.0. The first-order chi connectivity index (χ1) is 10.3. The number of aromatic nitrogens is 2. The first kappa shape index (κ1) is 15.2. The van der Waals surface area contributed by atoms with Gasteiger partial charge in [-0.2, -0.15) is 0 Å². The average Bonchev–Trinajstić information content (AvgIpc) is 2.83. The predicted molar refractivity (Wildman–Crippen MR) is 87.1 cm³/mol. The van der Waals surface area contributed by atoms with E-state index >= 15 is 0 Å². The van der Waals surface area contributed by atoms with Crippen LogP contribution in [0.15, 0.2) is 12.1 Å². The van der Waals surface area contributed by atoms with Crippen molar-refractivity contribution in [3.63, 3.8) is 0 Å². The monoisotopic (exact) mass is 320 g/mol. The normalized spacial score (nSPS) is 21.1. The van der Waals surface area contributed by atoms with E-state index in [9.17, 15) is 9.90 Å². The maximum Gasteiger partial charge on any atom is 0.323 e. The molecular formula is C15H20N4O2S. The summed E-state index contributed by atoms with van der Waals surface area (Å²) in [4.78, 5) is 23.7. The van der Waals surface area contributed by atoms with Crippen LogP contribution in [0.2, 0.25) is 0 Å². The van der Waals surface area contributed by atoms with E-state index < -0.39 is 0 Å². The van der Waals surface area contributed by atoms with E-state index in [-0.39, 0.29) is 17.6 Å². The summed E-state index contributed by atoms with van der Waals surface area (Å²) in [6.45, 7) is 6.96. The number of pyridine rings is 1. The summed E-state index contributed by atoms with van der Waals surface area (Å²) in [5, 5.41) is 13.4. The second-order valence-electron chi connectivity index (χ2n) is 6.44. The van der Waals surface area contributed by atoms with Crippen LogP contribution in [0.3, 0.4) is 0 Å². The van der Waals surface area contributed by atoms with Gasteiger partial charge in [-0.15, -0.1) is 0 Å². The third-order valence-electron chi connectivity index (χ3n) is 4.07. The number of thiazole rings is 1. The molecule has 1 unspecified atom stereocenters. The molecule has 3 rings (SSSR count). The van der Waals surface area contributed by atoms with E-state index in [4.69, 9.17) is 0 Å². The van der Waals surface area contributed by atoms with Crippen molar-refractivity contribution in [2.24, 2.45) is 5.41 Å². The molecule has 0 radical (unpaired) electrons. The lowest BCUT2D eigenvalue weighted by Crippen LogP contribution is -2.51. The molecule has 6 nitrogen and oxygen atoms in total. The number of nitrogens with zero attached hydrogens (tertiary/aromatic N) is 3. The zero-order chi connectivity index (χ0) is 15.9. The lowest BCUT2D eigenvalue weighted by molar-refractivity contribution is -0.00966. The van der Waals surface area contributed by atoms with E-state index in [1.165, 1.54) is 11.3 Å². The Labute approximate surface area is 133 Å². The number of aliphatic hydroxyl groups is 1. The Morgan fingerprint density at radius 1 is 1.45 bits per heavy atom. The van der Waals surface area contributed by atoms with Crippen molar-refractivity contribution in [2.45, 2.75) is 33.3 Å². The maximum atomic E-state index is 12.4. The number of amides is 2. The molecule has 1 atom stereocenters. The molecule has 3 heterocycles. The number of rotatable bonds is 1. The van der Waals surface area contributed by atoms with Gasteiger partial charge in [0.2, 0.25) is 0 Å². The summed E-state index contributed by atoms with van der Waals surface area (Å²) in [5.41, 5.74) is 1.43. The van der Waals surface area contributed by atoms with Crippen LogP contribution in [0, 0.1) is 12.3 Å². The van der Waals surface area contributed by atoms with Crippen molar-refractivity contribution < 1.29 is 9.90 Å². The largest absolute Gasteiger partial charge is 0.392 e. The van der Waals surface area contributed by atoms with Crippen LogP contribution in [0.1, 0.15) is 26.0 Å². The van der Waals surface area contributed by atoms with E-state index in [0.717, 1.165) is 16.0 Å². The smallest absolute Gasteiger partial charge is 0.323 e. The third-order valence-corrected chi connectivity index (χ3v) is 4.95. The number of aryl methyl sites for hydroxylation is 1. The molecule has 118 valence electrons. The van der Waals surface area contributed by atoms with Gasteiger partial charge in [-0.05, 0) is 25.5 Å². The molecule has 7 heteroatoms. The highest BCUT2D eigenvalue weighted by atomic mass is 32.1. The summed E-state index contributed by atoms with van der Waals surface area (Å²) in [7, 11) is 0. The van der Waals surface area contributed by atoms with Gasteiger partial charge < -0.3 is 10.0 Å². The van der Waals surface area contributed by atoms with Crippen molar-refractivity contribution in [2.75, 3.05) is 18.4 Å². The molecule has 22 heavy (non-hydrogen) atoms. The summed E-state index contributed by atoms with van der Waals surface area (Å²) < 4.78 is 0. The van der Waals surface area contributed by atoms with Crippen molar-refractivity contribution in [3.05, 3.63) is 17.8 Å². The fraction of sp³-hybridized carbons (Fsp3) is 0.533. The Morgan fingerprint density at radius 3 is 2.95 bits per heavy atom. The van der Waals surface area contributed by atoms with Gasteiger partial charge in [-0.1, -0.05) is 25.2 Å². The number of nitrogens with one attached hydrogen (secondary N) is 1. The molecule has 0 aliphatic carbocycles. The molecule has 1 fully saturated rings. The molecule has 1 aliphatic rings. The second-order valence-corrected chi connectivity index (χ2v) is 7.42. The van der Waals surface area contributed by atoms with Gasteiger partial charge >= 0.3 is 6.03 Å². The van der Waals surface area contributed by atoms with Crippen LogP contribution in [-0.2, 0) is 0 Å². The van der Waals surface area contributed by atoms with E-state index in [1.54, 1.807) is 4.90 Å². The molecule has 2 aromatic rings. The molecule has 2 N–H and O–H groups in total. The van der Waals surface area contributed by atoms with Crippen molar-refractivity contribution in [1.29, 1.82) is 0 Å². The Morgan fingerprint density at radius 2 is 2.23 bits per heavy atom. The number of carbonyl (C=O) groups is 1. The highest BCUT2D eigenvalue weighted by molar-refractivity contribution is 7.21. The minimum atomic E-state index is -0.369. The molecule has 0 saturated carbocycles. The number of likely N-dealkylation sites (tertiary alicyclic amines) is 1. The van der Waals surface area contributed by atoms with E-state index in [1.807, 2.05) is 32.9 Å². The number of piperidine rings is 1. The van der Waals surface area contributed by atoms with Gasteiger partial charge in [0, 0.05) is 24.2 Å². The number of anilines is 1. The number of urea groups is 1. The summed E-state index contributed by atoms with van der Waals surface area (Å²) in [5.74, 6) is 0. The van der Waals surface area contributed by atoms with Crippen LogP contribution >= 0.6 is 11.3 Å². The maximum absolute atomic E-state index is 12.4. The van der Waals surface area contributed by atoms with Gasteiger partial charge in [-0.25, -0.2) is 14.8 Å². The van der Waals surface area contributed by atoms with Crippen LogP contribution < -0.4 is 5.32 Å². The molecule has 2 amide bonds. The summed E-state index contributed by atoms with van der Waals surface area (Å²) in [6, 6.07) is 3.64. The lowest BCUT2D eigenvalue weighted by Gasteiger charge is -2.41. The fourth-order valence-electron chi connectivity index (χ4n) is 2.65. The first-order valence-electron chi connectivity index (χ1n) is 7.33. The Balaban J connectivity index is 1.73. The number of hydrogen-bond acceptors (Lipinski definition) is 5. The third kappa shape index (κ3) is 2.91. The molecule has 1 saturated heterocycles. The highest BCUT2D eigenvalue weighted by Crippen LogP contribution is 2.30. The van der Waals surface area contributed by atoms with Crippen LogP contribution in [0.25, 0.3) is 10.3 Å². The minimum absolute atomic E-state index is 0.171. The van der Waals surface area contributed by atoms with Gasteiger partial charge in [-0.3, -0.25) is 5.32 Å². The summed E-state index contributed by atoms with van der Waals surface area (Å²) in [6.07, 6.45) is 0.229. The minimum Gasteiger partial charge on any atom is -0.392 e. The van der Waals surface area contributed by atoms with Gasteiger partial charge in [0.05, 0.1) is 6.10 Å². The second kappa shape index (κ2) is 5.48. The van der Waals surface area contributed by atoms with Gasteiger partial charge in [0.15, 0.2) is 5.13 Å². The van der Waals surface area contributed by atoms with Gasteiger partial charge in [0.25, 0.3) is 0 Å². The molecule has 0 bridgehead atoms. The topological polar surface area (TPSA) is 78.4 Å². The fourth-order valence-corrected chi connectivity index (χ4v) is 3.53. The first-order valence-corrected chi connectivity index (χ1v) is 8.15. The SMILES string of the molecule is Cc1ccc2nc(NC(=O)N3CCC(O)C(C)(C)C3)sc2n1. The molecular weight excluding hydrogens is 300 g/mol. The van der Waals surface area contributed by atoms with E-state index in [0.29, 0.717) is 24.6 Å². The zero-order valence-corrected chi connectivity index (χ0v) is 13.8. The quantitative estimate of drug-likeness (QED) is 0.846. The molecule has 2 aromatic heterocycles. The average molecular weight is 320 g/mol. The molecule has 1 aliphatic heterocycles. The number of aliphatic hydroxyl groups excluding tert-OH is 1. The number of hydrogen-bond donors (Lipinski definition) is 2. The number of carbonyl (C=O) groups excluding carboxylic acids is 1. The Kier molecular flexibility index (Phi) is 3.78. The van der Waals surface area contributed by atoms with Crippen molar-refractivity contribution >= 4 is 32.8 Å². The van der Waals surface area contributed by atoms with Gasteiger partial charge in [0.1, 0.15) is 10.3 Å². The molecule has 0 aromatic carbocycles. The van der Waals surface area contributed by atoms with E-state index in [2.05, 4.69) is 15.3 Å². The highest BCUT2D eigenvalue weighted by Gasteiger charge is 2.36. The van der Waals surface area contributed by atoms with Crippen LogP contribution in [-0.4, -0.2) is 45.2 Å². The standard InChI is InChI=1S/C15H20N4O2S/c1-9-4-5-10-12(16-9)22-13(17-10)18-14(21)19-7-6-11(20)15(2,3)8-19/h4-5,11,20H,6-8H2,1-3H3,(H,17,18,21). The van der Waals surface area contributed by atoms with Crippen LogP contribution in [0.5, 0.6) is 0 Å². The predicted octanol–water partition coefficient (Wildman–Crippen LogP) is 2.62. The summed E-state index contributed by atoms with van der Waals surface area (Å²) >= 11 is 1.37. The number of fused-ring (bicyclic) bond motifs is 1. The Hall–Kier alpha value is -1.73.